The van der Waals surface area contributed by atoms with Crippen molar-refractivity contribution in [1.82, 2.24) is 4.72 Å². The molecule has 7 heteroatoms. The van der Waals surface area contributed by atoms with E-state index >= 15 is 0 Å². The Bertz CT molecular complexity index is 653. The summed E-state index contributed by atoms with van der Waals surface area (Å²) in [4.78, 5) is 14.0. The van der Waals surface area contributed by atoms with E-state index in [1.54, 1.807) is 12.1 Å². The molecular formula is C13H17N3O3S. The Balaban J connectivity index is 1.82. The second-order valence-electron chi connectivity index (χ2n) is 5.17. The first kappa shape index (κ1) is 13.4. The quantitative estimate of drug-likeness (QED) is 0.865. The molecule has 1 heterocycles. The Hall–Kier alpha value is -1.60. The number of anilines is 2. The van der Waals surface area contributed by atoms with Crippen molar-refractivity contribution < 1.29 is 13.2 Å². The minimum Gasteiger partial charge on any atom is -0.312 e. The molecule has 6 nitrogen and oxygen atoms in total. The first-order valence-electron chi connectivity index (χ1n) is 6.66. The monoisotopic (exact) mass is 295 g/mol. The van der Waals surface area contributed by atoms with Crippen LogP contribution in [0.15, 0.2) is 18.2 Å². The zero-order chi connectivity index (χ0) is 14.3. The molecule has 0 unspecified atom stereocenters. The first-order valence-corrected chi connectivity index (χ1v) is 8.14. The second-order valence-corrected chi connectivity index (χ2v) is 6.79. The summed E-state index contributed by atoms with van der Waals surface area (Å²) >= 11 is 0. The normalized spacial score (nSPS) is 17.9. The molecule has 3 rings (SSSR count). The molecule has 1 aliphatic carbocycles. The van der Waals surface area contributed by atoms with Gasteiger partial charge in [-0.25, -0.2) is 4.72 Å². The number of carbonyl (C=O) groups excluding carboxylic acids is 1. The molecule has 1 saturated carbocycles. The summed E-state index contributed by atoms with van der Waals surface area (Å²) < 4.78 is 27.5. The fourth-order valence-electron chi connectivity index (χ4n) is 2.45. The highest BCUT2D eigenvalue weighted by atomic mass is 32.2. The van der Waals surface area contributed by atoms with E-state index in [-0.39, 0.29) is 11.8 Å². The molecule has 0 saturated heterocycles. The highest BCUT2D eigenvalue weighted by Crippen LogP contribution is 2.37. The zero-order valence-corrected chi connectivity index (χ0v) is 12.0. The molecular weight excluding hydrogens is 278 g/mol. The number of nitrogens with zero attached hydrogens (tertiary/aromatic N) is 1. The van der Waals surface area contributed by atoms with Crippen molar-refractivity contribution in [3.05, 3.63) is 23.8 Å². The fourth-order valence-corrected chi connectivity index (χ4v) is 2.99. The van der Waals surface area contributed by atoms with E-state index in [0.717, 1.165) is 30.5 Å². The Morgan fingerprint density at radius 3 is 2.75 bits per heavy atom. The van der Waals surface area contributed by atoms with E-state index in [2.05, 4.69) is 9.44 Å². The van der Waals surface area contributed by atoms with Gasteiger partial charge in [-0.2, -0.15) is 8.42 Å². The summed E-state index contributed by atoms with van der Waals surface area (Å²) in [5.41, 5.74) is 2.43. The summed E-state index contributed by atoms with van der Waals surface area (Å²) in [7, 11) is -2.15. The van der Waals surface area contributed by atoms with Crippen LogP contribution in [0.1, 0.15) is 18.4 Å². The summed E-state index contributed by atoms with van der Waals surface area (Å²) in [6, 6.07) is 5.30. The van der Waals surface area contributed by atoms with E-state index in [4.69, 9.17) is 0 Å². The molecule has 2 aliphatic rings. The lowest BCUT2D eigenvalue weighted by Gasteiger charge is -2.17. The van der Waals surface area contributed by atoms with E-state index in [1.807, 2.05) is 11.0 Å². The Kier molecular flexibility index (Phi) is 3.18. The summed E-state index contributed by atoms with van der Waals surface area (Å²) in [6.07, 6.45) is 2.75. The summed E-state index contributed by atoms with van der Waals surface area (Å²) in [5, 5.41) is 0. The maximum absolute atomic E-state index is 12.1. The van der Waals surface area contributed by atoms with Crippen molar-refractivity contribution >= 4 is 27.5 Å². The second kappa shape index (κ2) is 4.75. The van der Waals surface area contributed by atoms with Gasteiger partial charge in [-0.15, -0.1) is 0 Å². The highest BCUT2D eigenvalue weighted by Gasteiger charge is 2.36. The van der Waals surface area contributed by atoms with Crippen LogP contribution < -0.4 is 14.3 Å². The average molecular weight is 295 g/mol. The summed E-state index contributed by atoms with van der Waals surface area (Å²) in [6.45, 7) is 0.687. The van der Waals surface area contributed by atoms with Gasteiger partial charge < -0.3 is 4.90 Å². The van der Waals surface area contributed by atoms with Gasteiger partial charge in [0.25, 0.3) is 10.2 Å². The first-order chi connectivity index (χ1) is 9.50. The lowest BCUT2D eigenvalue weighted by atomic mass is 10.1. The van der Waals surface area contributed by atoms with E-state index in [0.29, 0.717) is 12.2 Å². The number of rotatable bonds is 4. The van der Waals surface area contributed by atoms with Crippen LogP contribution in [0.3, 0.4) is 0 Å². The molecule has 0 atom stereocenters. The van der Waals surface area contributed by atoms with Crippen LogP contribution in [0, 0.1) is 5.92 Å². The average Bonchev–Trinajstić information content (AvgIpc) is 3.18. The summed E-state index contributed by atoms with van der Waals surface area (Å²) in [5.74, 6) is 0.399. The van der Waals surface area contributed by atoms with Gasteiger partial charge in [-0.1, -0.05) is 0 Å². The molecule has 1 aromatic rings. The van der Waals surface area contributed by atoms with Crippen molar-refractivity contribution in [2.75, 3.05) is 23.2 Å². The lowest BCUT2D eigenvalue weighted by molar-refractivity contribution is -0.119. The number of amides is 1. The molecule has 20 heavy (non-hydrogen) atoms. The molecule has 1 fully saturated rings. The van der Waals surface area contributed by atoms with Gasteiger partial charge in [-0.05, 0) is 43.0 Å². The van der Waals surface area contributed by atoms with E-state index < -0.39 is 10.2 Å². The van der Waals surface area contributed by atoms with Gasteiger partial charge in [0.2, 0.25) is 5.91 Å². The zero-order valence-electron chi connectivity index (χ0n) is 11.2. The standard InChI is InChI=1S/C13H17N3O3S/c1-14-20(18,19)15-11-4-5-12-10(8-11)6-7-16(12)13(17)9-2-3-9/h4-5,8-9,14-15H,2-3,6-7H2,1H3. The maximum Gasteiger partial charge on any atom is 0.298 e. The molecule has 0 radical (unpaired) electrons. The highest BCUT2D eigenvalue weighted by molar-refractivity contribution is 7.90. The Morgan fingerprint density at radius 1 is 1.35 bits per heavy atom. The van der Waals surface area contributed by atoms with E-state index in [1.165, 1.54) is 7.05 Å². The largest absolute Gasteiger partial charge is 0.312 e. The molecule has 0 bridgehead atoms. The van der Waals surface area contributed by atoms with Crippen molar-refractivity contribution in [2.24, 2.45) is 5.92 Å². The minimum atomic E-state index is -3.50. The smallest absolute Gasteiger partial charge is 0.298 e. The number of benzene rings is 1. The number of hydrogen-bond donors (Lipinski definition) is 2. The van der Waals surface area contributed by atoms with Gasteiger partial charge >= 0.3 is 0 Å². The van der Waals surface area contributed by atoms with Crippen molar-refractivity contribution in [2.45, 2.75) is 19.3 Å². The molecule has 0 aromatic heterocycles. The van der Waals surface area contributed by atoms with Crippen LogP contribution in [0.25, 0.3) is 0 Å². The maximum atomic E-state index is 12.1. The topological polar surface area (TPSA) is 78.5 Å². The predicted octanol–water partition coefficient (Wildman–Crippen LogP) is 0.862. The van der Waals surface area contributed by atoms with Gasteiger partial charge in [0.15, 0.2) is 0 Å². The number of fused-ring (bicyclic) bond motifs is 1. The van der Waals surface area contributed by atoms with Crippen LogP contribution in [0.2, 0.25) is 0 Å². The van der Waals surface area contributed by atoms with Gasteiger partial charge in [-0.3, -0.25) is 9.52 Å². The number of nitrogens with one attached hydrogen (secondary N) is 2. The molecule has 0 spiro atoms. The van der Waals surface area contributed by atoms with Gasteiger partial charge in [0, 0.05) is 25.2 Å². The van der Waals surface area contributed by atoms with Crippen molar-refractivity contribution in [3.63, 3.8) is 0 Å². The van der Waals surface area contributed by atoms with Crippen molar-refractivity contribution in [3.8, 4) is 0 Å². The third-order valence-corrected chi connectivity index (χ3v) is 4.73. The van der Waals surface area contributed by atoms with Crippen LogP contribution in [-0.4, -0.2) is 27.9 Å². The SMILES string of the molecule is CNS(=O)(=O)Nc1ccc2c(c1)CCN2C(=O)C1CC1. The molecule has 1 amide bonds. The van der Waals surface area contributed by atoms with Crippen LogP contribution >= 0.6 is 0 Å². The Morgan fingerprint density at radius 2 is 2.10 bits per heavy atom. The van der Waals surface area contributed by atoms with Crippen LogP contribution in [0.4, 0.5) is 11.4 Å². The predicted molar refractivity (Wildman–Crippen MR) is 76.8 cm³/mol. The van der Waals surface area contributed by atoms with Gasteiger partial charge in [0.1, 0.15) is 0 Å². The number of carbonyl (C=O) groups is 1. The molecule has 1 aliphatic heterocycles. The third kappa shape index (κ3) is 2.51. The third-order valence-electron chi connectivity index (χ3n) is 3.69. The van der Waals surface area contributed by atoms with Crippen LogP contribution in [-0.2, 0) is 21.4 Å². The molecule has 2 N–H and O–H groups in total. The van der Waals surface area contributed by atoms with Gasteiger partial charge in [0.05, 0.1) is 5.69 Å². The lowest BCUT2D eigenvalue weighted by Crippen LogP contribution is -2.30. The Labute approximate surface area is 118 Å². The van der Waals surface area contributed by atoms with E-state index in [9.17, 15) is 13.2 Å². The minimum absolute atomic E-state index is 0.198. The number of hydrogen-bond acceptors (Lipinski definition) is 3. The fraction of sp³-hybridized carbons (Fsp3) is 0.462. The molecule has 1 aromatic carbocycles. The van der Waals surface area contributed by atoms with Crippen LogP contribution in [0.5, 0.6) is 0 Å². The molecule has 108 valence electrons. The van der Waals surface area contributed by atoms with Crippen molar-refractivity contribution in [1.29, 1.82) is 0 Å².